The van der Waals surface area contributed by atoms with Gasteiger partial charge in [0.15, 0.2) is 11.5 Å². The molecule has 1 amide bonds. The van der Waals surface area contributed by atoms with Gasteiger partial charge in [0.25, 0.3) is 0 Å². The number of hydrogen-bond donors (Lipinski definition) is 1. The highest BCUT2D eigenvalue weighted by Crippen LogP contribution is 2.30. The van der Waals surface area contributed by atoms with E-state index in [1.807, 2.05) is 24.3 Å². The summed E-state index contributed by atoms with van der Waals surface area (Å²) in [5, 5.41) is 0. The van der Waals surface area contributed by atoms with Crippen molar-refractivity contribution in [3.05, 3.63) is 60.2 Å². The van der Waals surface area contributed by atoms with Crippen LogP contribution in [0, 0.1) is 5.82 Å². The summed E-state index contributed by atoms with van der Waals surface area (Å²) in [6.07, 6.45) is 1.34. The number of hydrogen-bond acceptors (Lipinski definition) is 5. The molecule has 2 heterocycles. The summed E-state index contributed by atoms with van der Waals surface area (Å²) in [6, 6.07) is 11.6. The molecule has 1 aliphatic rings. The molecule has 1 aliphatic heterocycles. The first-order valence-electron chi connectivity index (χ1n) is 9.76. The number of carbonyl (C=O) groups excluding carboxylic acids is 1. The summed E-state index contributed by atoms with van der Waals surface area (Å²) in [4.78, 5) is 18.4. The minimum atomic E-state index is -4.14. The van der Waals surface area contributed by atoms with Crippen molar-refractivity contribution in [3.8, 4) is 0 Å². The Hall–Kier alpha value is -2.78. The van der Waals surface area contributed by atoms with Gasteiger partial charge in [0.05, 0.1) is 6.04 Å². The number of amides is 1. The average molecular weight is 431 g/mol. The lowest BCUT2D eigenvalue weighted by Crippen LogP contribution is -2.49. The standard InChI is InChI=1S/C21H22FN3O4S/c1-14(24-30(27,28)19-9-5-2-6-16(19)22)21(26)25-12-10-15(11-13-25)20-23-17-7-3-4-8-18(17)29-20/h2-9,14-15,24H,10-13H2,1H3/t14-/m1/s1. The summed E-state index contributed by atoms with van der Waals surface area (Å²) in [7, 11) is -4.14. The van der Waals surface area contributed by atoms with E-state index < -0.39 is 26.8 Å². The number of nitrogens with zero attached hydrogens (tertiary/aromatic N) is 2. The van der Waals surface area contributed by atoms with Crippen LogP contribution in [-0.2, 0) is 14.8 Å². The number of benzene rings is 2. The molecule has 1 fully saturated rings. The lowest BCUT2D eigenvalue weighted by molar-refractivity contribution is -0.133. The van der Waals surface area contributed by atoms with Crippen LogP contribution in [0.25, 0.3) is 11.1 Å². The van der Waals surface area contributed by atoms with Gasteiger partial charge >= 0.3 is 0 Å². The molecule has 0 bridgehead atoms. The van der Waals surface area contributed by atoms with Crippen molar-refractivity contribution in [1.29, 1.82) is 0 Å². The number of likely N-dealkylation sites (tertiary alicyclic amines) is 1. The van der Waals surface area contributed by atoms with E-state index in [9.17, 15) is 17.6 Å². The van der Waals surface area contributed by atoms with Crippen molar-refractivity contribution in [1.82, 2.24) is 14.6 Å². The van der Waals surface area contributed by atoms with Crippen LogP contribution >= 0.6 is 0 Å². The van der Waals surface area contributed by atoms with Crippen LogP contribution in [0.5, 0.6) is 0 Å². The zero-order valence-electron chi connectivity index (χ0n) is 16.4. The number of sulfonamides is 1. The van der Waals surface area contributed by atoms with Crippen molar-refractivity contribution in [2.75, 3.05) is 13.1 Å². The van der Waals surface area contributed by atoms with E-state index in [1.54, 1.807) is 4.90 Å². The number of carbonyl (C=O) groups is 1. The normalized spacial score (nSPS) is 16.7. The molecule has 9 heteroatoms. The van der Waals surface area contributed by atoms with Crippen LogP contribution in [-0.4, -0.2) is 43.3 Å². The third kappa shape index (κ3) is 4.08. The Labute approximate surface area is 173 Å². The molecule has 30 heavy (non-hydrogen) atoms. The van der Waals surface area contributed by atoms with Crippen molar-refractivity contribution < 1.29 is 22.0 Å². The van der Waals surface area contributed by atoms with Gasteiger partial charge in [0.1, 0.15) is 16.2 Å². The highest BCUT2D eigenvalue weighted by atomic mass is 32.2. The van der Waals surface area contributed by atoms with Crippen molar-refractivity contribution in [2.45, 2.75) is 36.6 Å². The molecule has 0 aliphatic carbocycles. The summed E-state index contributed by atoms with van der Waals surface area (Å²) < 4.78 is 46.8. The Bertz CT molecular complexity index is 1140. The number of rotatable bonds is 5. The quantitative estimate of drug-likeness (QED) is 0.670. The lowest BCUT2D eigenvalue weighted by Gasteiger charge is -2.32. The smallest absolute Gasteiger partial charge is 0.244 e. The second kappa shape index (κ2) is 8.16. The maximum absolute atomic E-state index is 13.8. The molecule has 0 spiro atoms. The Kier molecular flexibility index (Phi) is 5.57. The van der Waals surface area contributed by atoms with Gasteiger partial charge in [-0.25, -0.2) is 17.8 Å². The van der Waals surface area contributed by atoms with Crippen LogP contribution in [0.15, 0.2) is 57.8 Å². The molecule has 7 nitrogen and oxygen atoms in total. The zero-order chi connectivity index (χ0) is 21.3. The Balaban J connectivity index is 1.38. The Morgan fingerprint density at radius 3 is 2.53 bits per heavy atom. The number of oxazole rings is 1. The molecule has 4 rings (SSSR count). The number of halogens is 1. The minimum absolute atomic E-state index is 0.104. The van der Waals surface area contributed by atoms with Crippen LogP contribution in [0.2, 0.25) is 0 Å². The van der Waals surface area contributed by atoms with Gasteiger partial charge in [-0.2, -0.15) is 4.72 Å². The molecule has 1 N–H and O–H groups in total. The predicted octanol–water partition coefficient (Wildman–Crippen LogP) is 3.04. The molecule has 1 saturated heterocycles. The van der Waals surface area contributed by atoms with Gasteiger partial charge in [-0.3, -0.25) is 4.79 Å². The molecule has 0 unspecified atom stereocenters. The fourth-order valence-electron chi connectivity index (χ4n) is 3.69. The fraction of sp³-hybridized carbons (Fsp3) is 0.333. The lowest BCUT2D eigenvalue weighted by atomic mass is 9.96. The van der Waals surface area contributed by atoms with E-state index in [4.69, 9.17) is 4.42 Å². The number of para-hydroxylation sites is 2. The number of fused-ring (bicyclic) bond motifs is 1. The molecule has 0 radical (unpaired) electrons. The van der Waals surface area contributed by atoms with E-state index in [2.05, 4.69) is 9.71 Å². The van der Waals surface area contributed by atoms with Gasteiger partial charge in [-0.15, -0.1) is 0 Å². The van der Waals surface area contributed by atoms with Crippen molar-refractivity contribution >= 4 is 27.0 Å². The minimum Gasteiger partial charge on any atom is -0.440 e. The van der Waals surface area contributed by atoms with Crippen molar-refractivity contribution in [3.63, 3.8) is 0 Å². The molecule has 1 aromatic heterocycles. The topological polar surface area (TPSA) is 92.5 Å². The van der Waals surface area contributed by atoms with Gasteiger partial charge < -0.3 is 9.32 Å². The summed E-state index contributed by atoms with van der Waals surface area (Å²) in [6.45, 7) is 2.40. The predicted molar refractivity (Wildman–Crippen MR) is 109 cm³/mol. The summed E-state index contributed by atoms with van der Waals surface area (Å²) in [5.74, 6) is -0.432. The monoisotopic (exact) mass is 431 g/mol. The van der Waals surface area contributed by atoms with E-state index in [0.717, 1.165) is 17.2 Å². The summed E-state index contributed by atoms with van der Waals surface area (Å²) >= 11 is 0. The molecule has 3 aromatic rings. The maximum atomic E-state index is 13.8. The van der Waals surface area contributed by atoms with Crippen LogP contribution in [0.4, 0.5) is 4.39 Å². The maximum Gasteiger partial charge on any atom is 0.244 e. The third-order valence-corrected chi connectivity index (χ3v) is 6.87. The van der Waals surface area contributed by atoms with Crippen LogP contribution in [0.3, 0.4) is 0 Å². The average Bonchev–Trinajstić information content (AvgIpc) is 3.17. The Morgan fingerprint density at radius 2 is 1.83 bits per heavy atom. The van der Waals surface area contributed by atoms with E-state index >= 15 is 0 Å². The second-order valence-corrected chi connectivity index (χ2v) is 9.08. The summed E-state index contributed by atoms with van der Waals surface area (Å²) in [5.41, 5.74) is 1.55. The SMILES string of the molecule is C[C@@H](NS(=O)(=O)c1ccccc1F)C(=O)N1CCC(c2nc3ccccc3o2)CC1. The number of nitrogens with one attached hydrogen (secondary N) is 1. The number of piperidine rings is 1. The molecule has 0 saturated carbocycles. The van der Waals surface area contributed by atoms with Gasteiger partial charge in [0.2, 0.25) is 15.9 Å². The zero-order valence-corrected chi connectivity index (χ0v) is 17.2. The highest BCUT2D eigenvalue weighted by molar-refractivity contribution is 7.89. The first-order valence-corrected chi connectivity index (χ1v) is 11.2. The van der Waals surface area contributed by atoms with E-state index in [-0.39, 0.29) is 11.8 Å². The number of aromatic nitrogens is 1. The molecule has 158 valence electrons. The van der Waals surface area contributed by atoms with Gasteiger partial charge in [0, 0.05) is 19.0 Å². The fourth-order valence-corrected chi connectivity index (χ4v) is 4.97. The first kappa shape index (κ1) is 20.5. The highest BCUT2D eigenvalue weighted by Gasteiger charge is 2.31. The third-order valence-electron chi connectivity index (χ3n) is 5.29. The molecule has 2 aromatic carbocycles. The second-order valence-electron chi connectivity index (χ2n) is 7.39. The van der Waals surface area contributed by atoms with Crippen LogP contribution < -0.4 is 4.72 Å². The Morgan fingerprint density at radius 1 is 1.17 bits per heavy atom. The van der Waals surface area contributed by atoms with Crippen LogP contribution in [0.1, 0.15) is 31.6 Å². The van der Waals surface area contributed by atoms with Gasteiger partial charge in [-0.05, 0) is 44.0 Å². The molecular weight excluding hydrogens is 409 g/mol. The molecule has 1 atom stereocenters. The largest absolute Gasteiger partial charge is 0.440 e. The van der Waals surface area contributed by atoms with Gasteiger partial charge in [-0.1, -0.05) is 24.3 Å². The van der Waals surface area contributed by atoms with E-state index in [0.29, 0.717) is 31.8 Å². The van der Waals surface area contributed by atoms with E-state index in [1.165, 1.54) is 25.1 Å². The molecular formula is C21H22FN3O4S. The first-order chi connectivity index (χ1) is 14.3. The van der Waals surface area contributed by atoms with Crippen molar-refractivity contribution in [2.24, 2.45) is 0 Å².